The molecule has 0 spiro atoms. The van der Waals surface area contributed by atoms with Gasteiger partial charge in [-0.05, 0) is 37.8 Å². The van der Waals surface area contributed by atoms with Crippen molar-refractivity contribution in [1.29, 1.82) is 0 Å². The van der Waals surface area contributed by atoms with Crippen molar-refractivity contribution in [3.05, 3.63) is 35.9 Å². The molecule has 0 amide bonds. The molecular weight excluding hydrogens is 244 g/mol. The first-order chi connectivity index (χ1) is 9.66. The van der Waals surface area contributed by atoms with E-state index in [4.69, 9.17) is 0 Å². The molecule has 1 aromatic carbocycles. The van der Waals surface area contributed by atoms with Crippen molar-refractivity contribution in [3.63, 3.8) is 0 Å². The Bertz CT molecular complexity index is 428. The van der Waals surface area contributed by atoms with Gasteiger partial charge in [0.15, 0.2) is 0 Å². The molecule has 3 rings (SSSR count). The average molecular weight is 272 g/mol. The van der Waals surface area contributed by atoms with Crippen LogP contribution in [0.5, 0.6) is 0 Å². The van der Waals surface area contributed by atoms with E-state index in [2.05, 4.69) is 60.9 Å². The summed E-state index contributed by atoms with van der Waals surface area (Å²) in [5, 5.41) is 0. The molecule has 1 aromatic rings. The van der Waals surface area contributed by atoms with Gasteiger partial charge in [-0.25, -0.2) is 0 Å². The first kappa shape index (κ1) is 14.1. The summed E-state index contributed by atoms with van der Waals surface area (Å²) in [6.45, 7) is 11.0. The Kier molecular flexibility index (Phi) is 4.13. The summed E-state index contributed by atoms with van der Waals surface area (Å²) < 4.78 is 0. The van der Waals surface area contributed by atoms with E-state index in [-0.39, 0.29) is 0 Å². The van der Waals surface area contributed by atoms with Crippen LogP contribution in [0.25, 0.3) is 0 Å². The van der Waals surface area contributed by atoms with Crippen LogP contribution in [-0.4, -0.2) is 41.5 Å². The number of hydrogen-bond donors (Lipinski definition) is 0. The molecule has 20 heavy (non-hydrogen) atoms. The molecule has 2 nitrogen and oxygen atoms in total. The van der Waals surface area contributed by atoms with Crippen molar-refractivity contribution in [3.8, 4) is 0 Å². The Morgan fingerprint density at radius 1 is 1.05 bits per heavy atom. The average Bonchev–Trinajstić information content (AvgIpc) is 2.93. The molecule has 2 fully saturated rings. The first-order valence-electron chi connectivity index (χ1n) is 8.21. The predicted molar refractivity (Wildman–Crippen MR) is 84.8 cm³/mol. The number of hydrogen-bond acceptors (Lipinski definition) is 2. The monoisotopic (exact) mass is 272 g/mol. The van der Waals surface area contributed by atoms with Crippen LogP contribution >= 0.6 is 0 Å². The van der Waals surface area contributed by atoms with Crippen molar-refractivity contribution < 1.29 is 0 Å². The fourth-order valence-corrected chi connectivity index (χ4v) is 4.03. The second-order valence-electron chi connectivity index (χ2n) is 6.89. The van der Waals surface area contributed by atoms with Gasteiger partial charge in [0.25, 0.3) is 0 Å². The lowest BCUT2D eigenvalue weighted by Crippen LogP contribution is -2.58. The molecule has 2 heterocycles. The lowest BCUT2D eigenvalue weighted by molar-refractivity contribution is 0.00404. The Morgan fingerprint density at radius 3 is 2.50 bits per heavy atom. The van der Waals surface area contributed by atoms with E-state index in [9.17, 15) is 0 Å². The lowest BCUT2D eigenvalue weighted by Gasteiger charge is -2.48. The van der Waals surface area contributed by atoms with Crippen molar-refractivity contribution in [2.45, 2.75) is 51.7 Å². The number of rotatable bonds is 3. The van der Waals surface area contributed by atoms with Gasteiger partial charge in [-0.1, -0.05) is 44.2 Å². The highest BCUT2D eigenvalue weighted by molar-refractivity contribution is 5.19. The van der Waals surface area contributed by atoms with E-state index < -0.39 is 0 Å². The van der Waals surface area contributed by atoms with E-state index in [0.717, 1.165) is 12.0 Å². The van der Waals surface area contributed by atoms with Crippen molar-refractivity contribution in [2.75, 3.05) is 19.6 Å². The van der Waals surface area contributed by atoms with Gasteiger partial charge in [0, 0.05) is 31.2 Å². The van der Waals surface area contributed by atoms with Crippen LogP contribution in [0.2, 0.25) is 0 Å². The van der Waals surface area contributed by atoms with Crippen LogP contribution in [-0.2, 0) is 0 Å². The van der Waals surface area contributed by atoms with Gasteiger partial charge in [0.05, 0.1) is 0 Å². The van der Waals surface area contributed by atoms with E-state index in [1.807, 2.05) is 0 Å². The molecule has 110 valence electrons. The number of fused-ring (bicyclic) bond motifs is 1. The van der Waals surface area contributed by atoms with Gasteiger partial charge in [0.1, 0.15) is 0 Å². The third-order valence-electron chi connectivity index (χ3n) is 5.32. The standard InChI is InChI=1S/C18H28N2/c1-14(2)18-13-19-11-7-10-17(19)12-20(18)15(3)16-8-5-4-6-9-16/h4-6,8-9,14-15,17-18H,7,10-13H2,1-3H3. The maximum absolute atomic E-state index is 2.77. The molecule has 0 aromatic heterocycles. The van der Waals surface area contributed by atoms with E-state index in [0.29, 0.717) is 12.1 Å². The zero-order valence-electron chi connectivity index (χ0n) is 13.1. The second-order valence-corrected chi connectivity index (χ2v) is 6.89. The SMILES string of the molecule is CC(C)C1CN2CCCC2CN1C(C)c1ccccc1. The van der Waals surface area contributed by atoms with Gasteiger partial charge < -0.3 is 0 Å². The molecule has 0 bridgehead atoms. The third kappa shape index (κ3) is 2.64. The summed E-state index contributed by atoms with van der Waals surface area (Å²) in [7, 11) is 0. The summed E-state index contributed by atoms with van der Waals surface area (Å²) in [4.78, 5) is 5.51. The van der Waals surface area contributed by atoms with Crippen LogP contribution < -0.4 is 0 Å². The van der Waals surface area contributed by atoms with Crippen LogP contribution in [0.15, 0.2) is 30.3 Å². The number of benzene rings is 1. The molecular formula is C18H28N2. The second kappa shape index (κ2) is 5.87. The van der Waals surface area contributed by atoms with Crippen LogP contribution in [0.3, 0.4) is 0 Å². The Hall–Kier alpha value is -0.860. The molecule has 2 aliphatic rings. The largest absolute Gasteiger partial charge is 0.298 e. The Labute approximate surface area is 123 Å². The fourth-order valence-electron chi connectivity index (χ4n) is 4.03. The van der Waals surface area contributed by atoms with Crippen LogP contribution in [0, 0.1) is 5.92 Å². The van der Waals surface area contributed by atoms with Crippen molar-refractivity contribution in [2.24, 2.45) is 5.92 Å². The minimum absolute atomic E-state index is 0.534. The van der Waals surface area contributed by atoms with Crippen molar-refractivity contribution >= 4 is 0 Å². The zero-order valence-corrected chi connectivity index (χ0v) is 13.1. The van der Waals surface area contributed by atoms with Gasteiger partial charge in [-0.3, -0.25) is 9.80 Å². The smallest absolute Gasteiger partial charge is 0.0324 e. The Morgan fingerprint density at radius 2 is 1.80 bits per heavy atom. The summed E-state index contributed by atoms with van der Waals surface area (Å²) in [6.07, 6.45) is 2.78. The molecule has 2 aliphatic heterocycles. The summed E-state index contributed by atoms with van der Waals surface area (Å²) in [5.74, 6) is 0.725. The first-order valence-corrected chi connectivity index (χ1v) is 8.21. The molecule has 0 saturated carbocycles. The molecule has 2 heteroatoms. The highest BCUT2D eigenvalue weighted by atomic mass is 15.3. The predicted octanol–water partition coefficient (Wildman–Crippen LogP) is 3.55. The minimum Gasteiger partial charge on any atom is -0.298 e. The van der Waals surface area contributed by atoms with Gasteiger partial charge in [0.2, 0.25) is 0 Å². The van der Waals surface area contributed by atoms with E-state index >= 15 is 0 Å². The van der Waals surface area contributed by atoms with Crippen LogP contribution in [0.1, 0.15) is 45.2 Å². The van der Waals surface area contributed by atoms with Crippen molar-refractivity contribution in [1.82, 2.24) is 9.80 Å². The van der Waals surface area contributed by atoms with Gasteiger partial charge >= 0.3 is 0 Å². The van der Waals surface area contributed by atoms with Gasteiger partial charge in [-0.2, -0.15) is 0 Å². The van der Waals surface area contributed by atoms with Gasteiger partial charge in [-0.15, -0.1) is 0 Å². The summed E-state index contributed by atoms with van der Waals surface area (Å²) >= 11 is 0. The zero-order chi connectivity index (χ0) is 14.1. The lowest BCUT2D eigenvalue weighted by atomic mass is 9.93. The normalized spacial score (nSPS) is 29.6. The van der Waals surface area contributed by atoms with E-state index in [1.54, 1.807) is 0 Å². The number of piperazine rings is 1. The molecule has 2 saturated heterocycles. The van der Waals surface area contributed by atoms with Crippen LogP contribution in [0.4, 0.5) is 0 Å². The molecule has 0 radical (unpaired) electrons. The maximum atomic E-state index is 2.77. The number of nitrogens with zero attached hydrogens (tertiary/aromatic N) is 2. The minimum atomic E-state index is 0.534. The maximum Gasteiger partial charge on any atom is 0.0324 e. The topological polar surface area (TPSA) is 6.48 Å². The van der Waals surface area contributed by atoms with E-state index in [1.165, 1.54) is 38.0 Å². The summed E-state index contributed by atoms with van der Waals surface area (Å²) in [6, 6.07) is 13.0. The fraction of sp³-hybridized carbons (Fsp3) is 0.667. The molecule has 0 N–H and O–H groups in total. The quantitative estimate of drug-likeness (QED) is 0.830. The third-order valence-corrected chi connectivity index (χ3v) is 5.32. The highest BCUT2D eigenvalue weighted by Gasteiger charge is 2.39. The Balaban J connectivity index is 1.81. The summed E-state index contributed by atoms with van der Waals surface area (Å²) in [5.41, 5.74) is 1.46. The molecule has 0 aliphatic carbocycles. The highest BCUT2D eigenvalue weighted by Crippen LogP contribution is 2.33. The molecule has 3 unspecified atom stereocenters. The molecule has 3 atom stereocenters.